The number of carbonyl (C=O) groups excluding carboxylic acids is 2. The number of benzene rings is 2. The van der Waals surface area contributed by atoms with Crippen LogP contribution in [0.25, 0.3) is 0 Å². The molecular weight excluding hydrogens is 354 g/mol. The molecule has 0 aliphatic rings. The zero-order valence-corrected chi connectivity index (χ0v) is 15.4. The van der Waals surface area contributed by atoms with Gasteiger partial charge in [-0.1, -0.05) is 31.2 Å². The van der Waals surface area contributed by atoms with E-state index in [0.717, 1.165) is 0 Å². The number of amides is 1. The predicted octanol–water partition coefficient (Wildman–Crippen LogP) is 2.15. The van der Waals surface area contributed by atoms with E-state index in [1.807, 2.05) is 0 Å². The van der Waals surface area contributed by atoms with Crippen LogP contribution in [0, 0.1) is 0 Å². The van der Waals surface area contributed by atoms with E-state index in [1.54, 1.807) is 31.2 Å². The molecule has 0 spiro atoms. The molecule has 6 nitrogen and oxygen atoms in total. The van der Waals surface area contributed by atoms with Gasteiger partial charge in [0.25, 0.3) is 5.91 Å². The highest BCUT2D eigenvalue weighted by Crippen LogP contribution is 2.18. The fraction of sp³-hybridized carbons (Fsp3) is 0.263. The van der Waals surface area contributed by atoms with Crippen molar-refractivity contribution in [2.24, 2.45) is 0 Å². The van der Waals surface area contributed by atoms with Crippen LogP contribution < -0.4 is 5.32 Å². The molecule has 0 fully saturated rings. The Hall–Kier alpha value is -2.51. The predicted molar refractivity (Wildman–Crippen MR) is 97.9 cm³/mol. The molecule has 2 N–H and O–H groups in total. The third-order valence-electron chi connectivity index (χ3n) is 4.06. The van der Waals surface area contributed by atoms with Gasteiger partial charge < -0.3 is 10.4 Å². The number of hydrogen-bond acceptors (Lipinski definition) is 5. The number of nitrogens with one attached hydrogen (secondary N) is 1. The molecule has 138 valence electrons. The van der Waals surface area contributed by atoms with Crippen LogP contribution in [-0.4, -0.2) is 37.6 Å². The van der Waals surface area contributed by atoms with E-state index in [2.05, 4.69) is 5.32 Å². The third-order valence-corrected chi connectivity index (χ3v) is 5.81. The van der Waals surface area contributed by atoms with Gasteiger partial charge >= 0.3 is 0 Å². The van der Waals surface area contributed by atoms with Crippen molar-refractivity contribution in [1.82, 2.24) is 5.32 Å². The van der Waals surface area contributed by atoms with Crippen molar-refractivity contribution in [1.29, 1.82) is 0 Å². The van der Waals surface area contributed by atoms with Gasteiger partial charge in [-0.25, -0.2) is 8.42 Å². The summed E-state index contributed by atoms with van der Waals surface area (Å²) in [5, 5.41) is 12.3. The van der Waals surface area contributed by atoms with Gasteiger partial charge in [0.2, 0.25) is 0 Å². The molecule has 0 aromatic heterocycles. The Morgan fingerprint density at radius 2 is 1.54 bits per heavy atom. The van der Waals surface area contributed by atoms with Gasteiger partial charge in [0.05, 0.1) is 23.3 Å². The van der Waals surface area contributed by atoms with E-state index in [1.165, 1.54) is 31.2 Å². The Bertz CT molecular complexity index is 887. The van der Waals surface area contributed by atoms with Gasteiger partial charge in [-0.05, 0) is 36.8 Å². The highest BCUT2D eigenvalue weighted by molar-refractivity contribution is 7.91. The van der Waals surface area contributed by atoms with Crippen molar-refractivity contribution in [2.45, 2.75) is 24.8 Å². The Balaban J connectivity index is 2.15. The van der Waals surface area contributed by atoms with Crippen LogP contribution in [0.4, 0.5) is 0 Å². The van der Waals surface area contributed by atoms with Gasteiger partial charge in [0.1, 0.15) is 0 Å². The second-order valence-corrected chi connectivity index (χ2v) is 8.09. The van der Waals surface area contributed by atoms with Crippen molar-refractivity contribution in [3.63, 3.8) is 0 Å². The number of Topliss-reactive ketones (excluding diaryl/α,β-unsaturated/α-hetero) is 1. The summed E-state index contributed by atoms with van der Waals surface area (Å²) in [5.41, 5.74) is 1.46. The summed E-state index contributed by atoms with van der Waals surface area (Å²) < 4.78 is 23.7. The van der Waals surface area contributed by atoms with E-state index >= 15 is 0 Å². The zero-order valence-electron chi connectivity index (χ0n) is 14.6. The minimum Gasteiger partial charge on any atom is -0.394 e. The lowest BCUT2D eigenvalue weighted by molar-refractivity contribution is 0.0915. The maximum atomic E-state index is 12.3. The number of carbonyl (C=O) groups is 2. The fourth-order valence-corrected chi connectivity index (χ4v) is 3.29. The highest BCUT2D eigenvalue weighted by atomic mass is 32.2. The molecule has 0 aliphatic carbocycles. The van der Waals surface area contributed by atoms with Crippen molar-refractivity contribution < 1.29 is 23.1 Å². The van der Waals surface area contributed by atoms with Crippen LogP contribution in [0.1, 0.15) is 46.2 Å². The maximum Gasteiger partial charge on any atom is 0.251 e. The molecule has 0 saturated heterocycles. The van der Waals surface area contributed by atoms with Crippen LogP contribution in [0.2, 0.25) is 0 Å². The van der Waals surface area contributed by atoms with Crippen LogP contribution in [0.3, 0.4) is 0 Å². The molecule has 2 aromatic carbocycles. The van der Waals surface area contributed by atoms with Gasteiger partial charge in [-0.3, -0.25) is 9.59 Å². The van der Waals surface area contributed by atoms with Gasteiger partial charge in [0.15, 0.2) is 15.6 Å². The highest BCUT2D eigenvalue weighted by Gasteiger charge is 2.17. The van der Waals surface area contributed by atoms with Crippen LogP contribution in [0.15, 0.2) is 53.4 Å². The van der Waals surface area contributed by atoms with E-state index < -0.39 is 21.8 Å². The lowest BCUT2D eigenvalue weighted by atomic mass is 10.1. The number of aliphatic hydroxyl groups excluding tert-OH is 1. The number of sulfone groups is 1. The third kappa shape index (κ3) is 4.56. The summed E-state index contributed by atoms with van der Waals surface area (Å²) >= 11 is 0. The fourth-order valence-electron chi connectivity index (χ4n) is 2.41. The molecule has 1 atom stereocenters. The topological polar surface area (TPSA) is 101 Å². The van der Waals surface area contributed by atoms with Crippen molar-refractivity contribution in [2.75, 3.05) is 12.4 Å². The molecule has 0 saturated carbocycles. The lowest BCUT2D eigenvalue weighted by Crippen LogP contribution is -2.30. The van der Waals surface area contributed by atoms with E-state index in [9.17, 15) is 23.1 Å². The lowest BCUT2D eigenvalue weighted by Gasteiger charge is -2.17. The SMILES string of the molecule is CCS(=O)(=O)c1ccc([C@H](CO)NC(=O)c2ccc(C(C)=O)cc2)cc1. The second kappa shape index (κ2) is 8.25. The Morgan fingerprint density at radius 3 is 2.00 bits per heavy atom. The van der Waals surface area contributed by atoms with Crippen LogP contribution in [0.5, 0.6) is 0 Å². The van der Waals surface area contributed by atoms with Crippen molar-refractivity contribution in [3.05, 3.63) is 65.2 Å². The Labute approximate surface area is 152 Å². The molecule has 26 heavy (non-hydrogen) atoms. The molecule has 1 amide bonds. The van der Waals surface area contributed by atoms with Crippen molar-refractivity contribution in [3.8, 4) is 0 Å². The van der Waals surface area contributed by atoms with Gasteiger partial charge in [0, 0.05) is 11.1 Å². The molecule has 0 heterocycles. The first-order valence-corrected chi connectivity index (χ1v) is 9.79. The summed E-state index contributed by atoms with van der Waals surface area (Å²) in [7, 11) is -3.30. The second-order valence-electron chi connectivity index (χ2n) is 5.81. The summed E-state index contributed by atoms with van der Waals surface area (Å²) in [6.45, 7) is 2.67. The van der Waals surface area contributed by atoms with Gasteiger partial charge in [-0.15, -0.1) is 0 Å². The van der Waals surface area contributed by atoms with E-state index in [0.29, 0.717) is 16.7 Å². The maximum absolute atomic E-state index is 12.3. The first-order chi connectivity index (χ1) is 12.3. The molecular formula is C19H21NO5S. The van der Waals surface area contributed by atoms with Crippen LogP contribution in [-0.2, 0) is 9.84 Å². The quantitative estimate of drug-likeness (QED) is 0.722. The molecule has 0 radical (unpaired) electrons. The first-order valence-electron chi connectivity index (χ1n) is 8.14. The number of hydrogen-bond donors (Lipinski definition) is 2. The molecule has 0 aliphatic heterocycles. The van der Waals surface area contributed by atoms with Gasteiger partial charge in [-0.2, -0.15) is 0 Å². The normalized spacial score (nSPS) is 12.4. The monoisotopic (exact) mass is 375 g/mol. The molecule has 2 rings (SSSR count). The largest absolute Gasteiger partial charge is 0.394 e. The average Bonchev–Trinajstić information content (AvgIpc) is 2.66. The number of rotatable bonds is 7. The zero-order chi connectivity index (χ0) is 19.3. The molecule has 7 heteroatoms. The van der Waals surface area contributed by atoms with Crippen molar-refractivity contribution >= 4 is 21.5 Å². The first kappa shape index (κ1) is 19.8. The summed E-state index contributed by atoms with van der Waals surface area (Å²) in [6.07, 6.45) is 0. The average molecular weight is 375 g/mol. The number of ketones is 1. The molecule has 0 bridgehead atoms. The minimum absolute atomic E-state index is 0.00275. The smallest absolute Gasteiger partial charge is 0.251 e. The summed E-state index contributed by atoms with van der Waals surface area (Å²) in [5.74, 6) is -0.486. The molecule has 0 unspecified atom stereocenters. The standard InChI is InChI=1S/C19H21NO5S/c1-3-26(24,25)17-10-8-15(9-11-17)18(12-21)20-19(23)16-6-4-14(5-7-16)13(2)22/h4-11,18,21H,3,12H2,1-2H3,(H,20,23)/t18-/m0/s1. The minimum atomic E-state index is -3.30. The summed E-state index contributed by atoms with van der Waals surface area (Å²) in [4.78, 5) is 23.8. The van der Waals surface area contributed by atoms with E-state index in [-0.39, 0.29) is 23.0 Å². The Kier molecular flexibility index (Phi) is 6.28. The molecule has 2 aromatic rings. The Morgan fingerprint density at radius 1 is 1.00 bits per heavy atom. The van der Waals surface area contributed by atoms with Crippen LogP contribution >= 0.6 is 0 Å². The summed E-state index contributed by atoms with van der Waals surface area (Å²) in [6, 6.07) is 11.6. The number of aliphatic hydroxyl groups is 1. The van der Waals surface area contributed by atoms with E-state index in [4.69, 9.17) is 0 Å².